The normalized spacial score (nSPS) is 10.4. The fourth-order valence-corrected chi connectivity index (χ4v) is 1.78. The molecule has 1 aromatic heterocycles. The van der Waals surface area contributed by atoms with Crippen LogP contribution >= 0.6 is 0 Å². The molecule has 0 saturated heterocycles. The Labute approximate surface area is 116 Å². The number of hydrogen-bond donors (Lipinski definition) is 2. The third-order valence-electron chi connectivity index (χ3n) is 2.72. The quantitative estimate of drug-likeness (QED) is 0.776. The van der Waals surface area contributed by atoms with Gasteiger partial charge in [-0.3, -0.25) is 0 Å². The third-order valence-corrected chi connectivity index (χ3v) is 2.72. The average Bonchev–Trinajstić information content (AvgIpc) is 2.85. The average molecular weight is 276 g/mol. The summed E-state index contributed by atoms with van der Waals surface area (Å²) in [5.41, 5.74) is 5.99. The van der Waals surface area contributed by atoms with Crippen LogP contribution in [0.4, 0.5) is 5.69 Å². The van der Waals surface area contributed by atoms with Gasteiger partial charge in [0.15, 0.2) is 5.82 Å². The van der Waals surface area contributed by atoms with E-state index < -0.39 is 5.97 Å². The highest BCUT2D eigenvalue weighted by Crippen LogP contribution is 2.22. The summed E-state index contributed by atoms with van der Waals surface area (Å²) < 4.78 is 7.26. The van der Waals surface area contributed by atoms with E-state index in [1.807, 2.05) is 6.92 Å². The Morgan fingerprint density at radius 3 is 3.00 bits per heavy atom. The van der Waals surface area contributed by atoms with Gasteiger partial charge in [0.2, 0.25) is 0 Å². The van der Waals surface area contributed by atoms with Gasteiger partial charge < -0.3 is 15.6 Å². The lowest BCUT2D eigenvalue weighted by molar-refractivity contribution is 0.0691. The van der Waals surface area contributed by atoms with Crippen LogP contribution < -0.4 is 10.5 Å². The summed E-state index contributed by atoms with van der Waals surface area (Å²) >= 11 is 0. The molecule has 20 heavy (non-hydrogen) atoms. The number of aromatic carboxylic acids is 1. The largest absolute Gasteiger partial charge is 0.485 e. The van der Waals surface area contributed by atoms with E-state index in [0.29, 0.717) is 11.5 Å². The van der Waals surface area contributed by atoms with Gasteiger partial charge in [-0.1, -0.05) is 6.92 Å². The molecule has 0 fully saturated rings. The van der Waals surface area contributed by atoms with Crippen LogP contribution in [0.25, 0.3) is 0 Å². The van der Waals surface area contributed by atoms with Gasteiger partial charge in [-0.05, 0) is 24.6 Å². The number of nitrogens with two attached hydrogens (primary N) is 1. The molecule has 0 radical (unpaired) electrons. The topological polar surface area (TPSA) is 103 Å². The molecule has 0 aliphatic carbocycles. The molecule has 0 aliphatic rings. The molecule has 2 rings (SSSR count). The SMILES string of the molecule is CCCn1ncnc1COc1ccc(N)cc1C(=O)O. The van der Waals surface area contributed by atoms with Crippen LogP contribution in [0.3, 0.4) is 0 Å². The lowest BCUT2D eigenvalue weighted by Gasteiger charge is -2.10. The number of carbonyl (C=O) groups is 1. The summed E-state index contributed by atoms with van der Waals surface area (Å²) in [4.78, 5) is 15.2. The predicted octanol–water partition coefficient (Wildman–Crippen LogP) is 1.55. The number of hydrogen-bond acceptors (Lipinski definition) is 5. The molecule has 0 amide bonds. The zero-order chi connectivity index (χ0) is 14.5. The number of aromatic nitrogens is 3. The number of nitrogen functional groups attached to an aromatic ring is 1. The predicted molar refractivity (Wildman–Crippen MR) is 72.5 cm³/mol. The molecule has 0 spiro atoms. The van der Waals surface area contributed by atoms with Gasteiger partial charge in [0.25, 0.3) is 0 Å². The van der Waals surface area contributed by atoms with Gasteiger partial charge in [-0.2, -0.15) is 5.10 Å². The summed E-state index contributed by atoms with van der Waals surface area (Å²) in [6.45, 7) is 2.94. The van der Waals surface area contributed by atoms with Gasteiger partial charge in [-0.15, -0.1) is 0 Å². The molecule has 0 unspecified atom stereocenters. The van der Waals surface area contributed by atoms with E-state index in [9.17, 15) is 4.79 Å². The highest BCUT2D eigenvalue weighted by molar-refractivity contribution is 5.92. The van der Waals surface area contributed by atoms with E-state index in [-0.39, 0.29) is 17.9 Å². The molecule has 106 valence electrons. The van der Waals surface area contributed by atoms with Crippen LogP contribution in [-0.4, -0.2) is 25.8 Å². The minimum atomic E-state index is -1.08. The van der Waals surface area contributed by atoms with Crippen molar-refractivity contribution >= 4 is 11.7 Å². The second-order valence-corrected chi connectivity index (χ2v) is 4.25. The highest BCUT2D eigenvalue weighted by atomic mass is 16.5. The minimum absolute atomic E-state index is 0.0338. The van der Waals surface area contributed by atoms with Crippen molar-refractivity contribution in [3.8, 4) is 5.75 Å². The zero-order valence-electron chi connectivity index (χ0n) is 11.1. The Hall–Kier alpha value is -2.57. The summed E-state index contributed by atoms with van der Waals surface area (Å²) in [6, 6.07) is 4.51. The first kappa shape index (κ1) is 13.9. The standard InChI is InChI=1S/C13H16N4O3/c1-2-5-17-12(15-8-16-17)7-20-11-4-3-9(14)6-10(11)13(18)19/h3-4,6,8H,2,5,7,14H2,1H3,(H,18,19). The smallest absolute Gasteiger partial charge is 0.339 e. The van der Waals surface area contributed by atoms with Crippen molar-refractivity contribution in [2.24, 2.45) is 0 Å². The molecule has 2 aromatic rings. The Balaban J connectivity index is 2.14. The number of carboxylic acids is 1. The summed E-state index contributed by atoms with van der Waals surface area (Å²) in [7, 11) is 0. The van der Waals surface area contributed by atoms with E-state index >= 15 is 0 Å². The van der Waals surface area contributed by atoms with E-state index in [2.05, 4.69) is 10.1 Å². The molecule has 1 aromatic carbocycles. The number of aryl methyl sites for hydroxylation is 1. The van der Waals surface area contributed by atoms with Crippen molar-refractivity contribution in [1.29, 1.82) is 0 Å². The van der Waals surface area contributed by atoms with Crippen LogP contribution in [0.2, 0.25) is 0 Å². The van der Waals surface area contributed by atoms with E-state index in [1.54, 1.807) is 16.8 Å². The van der Waals surface area contributed by atoms with Crippen molar-refractivity contribution in [2.75, 3.05) is 5.73 Å². The third kappa shape index (κ3) is 3.05. The summed E-state index contributed by atoms with van der Waals surface area (Å²) in [6.07, 6.45) is 2.38. The summed E-state index contributed by atoms with van der Waals surface area (Å²) in [5, 5.41) is 13.2. The first-order valence-electron chi connectivity index (χ1n) is 6.24. The van der Waals surface area contributed by atoms with Gasteiger partial charge >= 0.3 is 5.97 Å². The second-order valence-electron chi connectivity index (χ2n) is 4.25. The maximum Gasteiger partial charge on any atom is 0.339 e. The van der Waals surface area contributed by atoms with Crippen LogP contribution in [0.5, 0.6) is 5.75 Å². The van der Waals surface area contributed by atoms with E-state index in [4.69, 9.17) is 15.6 Å². The molecule has 0 bridgehead atoms. The van der Waals surface area contributed by atoms with Crippen molar-refractivity contribution in [1.82, 2.24) is 14.8 Å². The van der Waals surface area contributed by atoms with E-state index in [0.717, 1.165) is 13.0 Å². The molecule has 3 N–H and O–H groups in total. The fourth-order valence-electron chi connectivity index (χ4n) is 1.78. The monoisotopic (exact) mass is 276 g/mol. The Morgan fingerprint density at radius 1 is 1.50 bits per heavy atom. The zero-order valence-corrected chi connectivity index (χ0v) is 11.1. The molecule has 0 saturated carbocycles. The van der Waals surface area contributed by atoms with Crippen LogP contribution in [0.15, 0.2) is 24.5 Å². The van der Waals surface area contributed by atoms with Gasteiger partial charge in [0.05, 0.1) is 0 Å². The second kappa shape index (κ2) is 6.05. The fraction of sp³-hybridized carbons (Fsp3) is 0.308. The van der Waals surface area contributed by atoms with Crippen LogP contribution in [0.1, 0.15) is 29.5 Å². The first-order chi connectivity index (χ1) is 9.61. The molecular weight excluding hydrogens is 260 g/mol. The molecule has 1 heterocycles. The summed E-state index contributed by atoms with van der Waals surface area (Å²) in [5.74, 6) is -0.167. The Bertz CT molecular complexity index is 609. The van der Waals surface area contributed by atoms with Gasteiger partial charge in [0, 0.05) is 12.2 Å². The van der Waals surface area contributed by atoms with Gasteiger partial charge in [-0.25, -0.2) is 14.5 Å². The van der Waals surface area contributed by atoms with E-state index in [1.165, 1.54) is 12.4 Å². The maximum atomic E-state index is 11.1. The number of rotatable bonds is 6. The van der Waals surface area contributed by atoms with Crippen LogP contribution in [0, 0.1) is 0 Å². The minimum Gasteiger partial charge on any atom is -0.485 e. The van der Waals surface area contributed by atoms with Gasteiger partial charge in [0.1, 0.15) is 24.2 Å². The number of nitrogens with zero attached hydrogens (tertiary/aromatic N) is 3. The molecule has 0 aliphatic heterocycles. The lowest BCUT2D eigenvalue weighted by atomic mass is 10.2. The Kier molecular flexibility index (Phi) is 4.19. The van der Waals surface area contributed by atoms with Crippen molar-refractivity contribution in [2.45, 2.75) is 26.5 Å². The Morgan fingerprint density at radius 2 is 2.30 bits per heavy atom. The molecule has 7 heteroatoms. The van der Waals surface area contributed by atoms with Crippen molar-refractivity contribution in [3.05, 3.63) is 35.9 Å². The lowest BCUT2D eigenvalue weighted by Crippen LogP contribution is -2.10. The molecule has 7 nitrogen and oxygen atoms in total. The highest BCUT2D eigenvalue weighted by Gasteiger charge is 2.13. The van der Waals surface area contributed by atoms with Crippen LogP contribution in [-0.2, 0) is 13.2 Å². The number of anilines is 1. The van der Waals surface area contributed by atoms with Crippen molar-refractivity contribution < 1.29 is 14.6 Å². The number of benzene rings is 1. The number of ether oxygens (including phenoxy) is 1. The van der Waals surface area contributed by atoms with Crippen molar-refractivity contribution in [3.63, 3.8) is 0 Å². The first-order valence-corrected chi connectivity index (χ1v) is 6.24. The molecule has 0 atom stereocenters. The molecular formula is C13H16N4O3. The maximum absolute atomic E-state index is 11.1. The number of carboxylic acid groups (broad SMARTS) is 1.